The predicted molar refractivity (Wildman–Crippen MR) is 91.7 cm³/mol. The molecule has 24 heavy (non-hydrogen) atoms. The number of fused-ring (bicyclic) bond motifs is 2. The van der Waals surface area contributed by atoms with E-state index in [9.17, 15) is 0 Å². The fourth-order valence-corrected chi connectivity index (χ4v) is 2.85. The molecule has 0 saturated carbocycles. The second-order valence-electron chi connectivity index (χ2n) is 5.24. The number of imidazole rings is 1. The van der Waals surface area contributed by atoms with Gasteiger partial charge in [-0.25, -0.2) is 9.97 Å². The number of hydrogen-bond acceptors (Lipinski definition) is 6. The maximum atomic E-state index is 5.15. The standard InChI is InChI=1S/C15H14BrN7O/c1-24-8-11-4-14(23-15(21-11)18-9-19-23)17-5-12-7-22-6-10(16)2-3-13(22)20-12/h2-4,6-7,9,17H,5,8H2,1H3. The first-order chi connectivity index (χ1) is 11.7. The number of rotatable bonds is 5. The van der Waals surface area contributed by atoms with Crippen LogP contribution in [0.2, 0.25) is 0 Å². The third kappa shape index (κ3) is 2.83. The second-order valence-corrected chi connectivity index (χ2v) is 6.15. The average molecular weight is 388 g/mol. The molecule has 0 amide bonds. The van der Waals surface area contributed by atoms with Gasteiger partial charge in [0.1, 0.15) is 17.8 Å². The first-order valence-corrected chi connectivity index (χ1v) is 8.08. The highest BCUT2D eigenvalue weighted by Crippen LogP contribution is 2.15. The first kappa shape index (κ1) is 15.0. The van der Waals surface area contributed by atoms with Crippen LogP contribution >= 0.6 is 15.9 Å². The number of anilines is 1. The number of nitrogens with one attached hydrogen (secondary N) is 1. The van der Waals surface area contributed by atoms with Gasteiger partial charge < -0.3 is 14.5 Å². The van der Waals surface area contributed by atoms with E-state index in [-0.39, 0.29) is 0 Å². The van der Waals surface area contributed by atoms with Crippen LogP contribution in [0.4, 0.5) is 5.82 Å². The number of nitrogens with zero attached hydrogens (tertiary/aromatic N) is 6. The molecule has 0 aliphatic heterocycles. The lowest BCUT2D eigenvalue weighted by Crippen LogP contribution is -2.08. The molecule has 9 heteroatoms. The number of halogens is 1. The molecule has 8 nitrogen and oxygen atoms in total. The largest absolute Gasteiger partial charge is 0.378 e. The third-order valence-electron chi connectivity index (χ3n) is 3.51. The molecule has 0 aliphatic carbocycles. The van der Waals surface area contributed by atoms with E-state index >= 15 is 0 Å². The molecule has 0 atom stereocenters. The molecule has 0 unspecified atom stereocenters. The third-order valence-corrected chi connectivity index (χ3v) is 3.98. The summed E-state index contributed by atoms with van der Waals surface area (Å²) in [4.78, 5) is 13.1. The maximum absolute atomic E-state index is 5.15. The SMILES string of the molecule is COCc1cc(NCc2cn3cc(Br)ccc3n2)n2ncnc2n1. The molecule has 0 aromatic carbocycles. The fourth-order valence-electron chi connectivity index (χ4n) is 2.49. The van der Waals surface area contributed by atoms with Gasteiger partial charge in [0, 0.05) is 30.0 Å². The van der Waals surface area contributed by atoms with Gasteiger partial charge in [-0.05, 0) is 28.1 Å². The van der Waals surface area contributed by atoms with Gasteiger partial charge in [0.2, 0.25) is 0 Å². The molecule has 4 aromatic rings. The number of methoxy groups -OCH3 is 1. The van der Waals surface area contributed by atoms with Crippen molar-refractivity contribution in [3.8, 4) is 0 Å². The Labute approximate surface area is 145 Å². The fraction of sp³-hybridized carbons (Fsp3) is 0.200. The van der Waals surface area contributed by atoms with Crippen molar-refractivity contribution in [1.82, 2.24) is 29.0 Å². The average Bonchev–Trinajstić information content (AvgIpc) is 3.18. The summed E-state index contributed by atoms with van der Waals surface area (Å²) in [6, 6.07) is 5.84. The van der Waals surface area contributed by atoms with Crippen LogP contribution in [-0.2, 0) is 17.9 Å². The van der Waals surface area contributed by atoms with E-state index in [0.29, 0.717) is 18.9 Å². The van der Waals surface area contributed by atoms with Crippen molar-refractivity contribution >= 4 is 33.2 Å². The monoisotopic (exact) mass is 387 g/mol. The van der Waals surface area contributed by atoms with E-state index in [1.165, 1.54) is 6.33 Å². The molecular weight excluding hydrogens is 374 g/mol. The van der Waals surface area contributed by atoms with Gasteiger partial charge in [0.25, 0.3) is 5.78 Å². The molecule has 0 spiro atoms. The van der Waals surface area contributed by atoms with Crippen LogP contribution in [0, 0.1) is 0 Å². The lowest BCUT2D eigenvalue weighted by atomic mass is 10.4. The molecule has 4 rings (SSSR count). The van der Waals surface area contributed by atoms with Crippen LogP contribution in [0.25, 0.3) is 11.4 Å². The van der Waals surface area contributed by atoms with E-state index in [1.54, 1.807) is 11.6 Å². The molecule has 0 saturated heterocycles. The minimum Gasteiger partial charge on any atom is -0.378 e. The van der Waals surface area contributed by atoms with E-state index in [0.717, 1.165) is 27.3 Å². The summed E-state index contributed by atoms with van der Waals surface area (Å²) in [7, 11) is 1.64. The molecule has 4 aromatic heterocycles. The minimum absolute atomic E-state index is 0.417. The summed E-state index contributed by atoms with van der Waals surface area (Å²) < 4.78 is 9.80. The second kappa shape index (κ2) is 6.17. The van der Waals surface area contributed by atoms with Gasteiger partial charge in [-0.1, -0.05) is 0 Å². The van der Waals surface area contributed by atoms with Gasteiger partial charge in [-0.2, -0.15) is 14.6 Å². The van der Waals surface area contributed by atoms with Gasteiger partial charge >= 0.3 is 0 Å². The van der Waals surface area contributed by atoms with Gasteiger partial charge in [0.15, 0.2) is 0 Å². The highest BCUT2D eigenvalue weighted by atomic mass is 79.9. The Morgan fingerprint density at radius 1 is 1.21 bits per heavy atom. The Hall–Kier alpha value is -2.52. The lowest BCUT2D eigenvalue weighted by molar-refractivity contribution is 0.181. The highest BCUT2D eigenvalue weighted by Gasteiger charge is 2.09. The molecule has 0 radical (unpaired) electrons. The number of hydrogen-bond donors (Lipinski definition) is 1. The van der Waals surface area contributed by atoms with Crippen LogP contribution in [0.5, 0.6) is 0 Å². The van der Waals surface area contributed by atoms with Crippen LogP contribution < -0.4 is 5.32 Å². The molecule has 0 fully saturated rings. The Balaban J connectivity index is 1.62. The van der Waals surface area contributed by atoms with Crippen molar-refractivity contribution in [3.63, 3.8) is 0 Å². The van der Waals surface area contributed by atoms with Crippen molar-refractivity contribution < 1.29 is 4.74 Å². The van der Waals surface area contributed by atoms with E-state index in [4.69, 9.17) is 4.74 Å². The van der Waals surface area contributed by atoms with Crippen LogP contribution in [0.3, 0.4) is 0 Å². The zero-order valence-electron chi connectivity index (χ0n) is 12.8. The summed E-state index contributed by atoms with van der Waals surface area (Å²) >= 11 is 3.46. The summed E-state index contributed by atoms with van der Waals surface area (Å²) in [5.74, 6) is 1.33. The van der Waals surface area contributed by atoms with Crippen molar-refractivity contribution in [1.29, 1.82) is 0 Å². The summed E-state index contributed by atoms with van der Waals surface area (Å²) in [6.07, 6.45) is 5.44. The van der Waals surface area contributed by atoms with Crippen molar-refractivity contribution in [2.45, 2.75) is 13.2 Å². The minimum atomic E-state index is 0.417. The maximum Gasteiger partial charge on any atom is 0.254 e. The van der Waals surface area contributed by atoms with Gasteiger partial charge in [0.05, 0.1) is 24.5 Å². The quantitative estimate of drug-likeness (QED) is 0.565. The number of aromatic nitrogens is 6. The Kier molecular flexibility index (Phi) is 3.87. The van der Waals surface area contributed by atoms with Crippen molar-refractivity contribution in [2.75, 3.05) is 12.4 Å². The summed E-state index contributed by atoms with van der Waals surface area (Å²) in [5.41, 5.74) is 2.61. The smallest absolute Gasteiger partial charge is 0.254 e. The molecule has 0 bridgehead atoms. The topological polar surface area (TPSA) is 81.6 Å². The predicted octanol–water partition coefficient (Wildman–Crippen LogP) is 2.29. The Morgan fingerprint density at radius 3 is 3.00 bits per heavy atom. The number of pyridine rings is 1. The normalized spacial score (nSPS) is 11.4. The molecule has 0 aliphatic rings. The number of ether oxygens (including phenoxy) is 1. The van der Waals surface area contributed by atoms with E-state index in [1.807, 2.05) is 35.0 Å². The molecule has 122 valence electrons. The van der Waals surface area contributed by atoms with Crippen molar-refractivity contribution in [3.05, 3.63) is 52.8 Å². The molecule has 1 N–H and O–H groups in total. The van der Waals surface area contributed by atoms with Crippen molar-refractivity contribution in [2.24, 2.45) is 0 Å². The Bertz CT molecular complexity index is 1010. The lowest BCUT2D eigenvalue weighted by Gasteiger charge is -2.08. The van der Waals surface area contributed by atoms with Gasteiger partial charge in [-0.15, -0.1) is 0 Å². The summed E-state index contributed by atoms with van der Waals surface area (Å²) in [6.45, 7) is 0.977. The zero-order valence-corrected chi connectivity index (χ0v) is 14.4. The summed E-state index contributed by atoms with van der Waals surface area (Å²) in [5, 5.41) is 7.54. The highest BCUT2D eigenvalue weighted by molar-refractivity contribution is 9.10. The van der Waals surface area contributed by atoms with E-state index < -0.39 is 0 Å². The molecular formula is C15H14BrN7O. The van der Waals surface area contributed by atoms with Crippen LogP contribution in [0.15, 0.2) is 41.4 Å². The van der Waals surface area contributed by atoms with E-state index in [2.05, 4.69) is 41.3 Å². The van der Waals surface area contributed by atoms with Crippen LogP contribution in [-0.4, -0.2) is 36.1 Å². The Morgan fingerprint density at radius 2 is 2.12 bits per heavy atom. The first-order valence-electron chi connectivity index (χ1n) is 7.28. The van der Waals surface area contributed by atoms with Crippen LogP contribution in [0.1, 0.15) is 11.4 Å². The zero-order chi connectivity index (χ0) is 16.5. The molecule has 4 heterocycles. The van der Waals surface area contributed by atoms with Gasteiger partial charge in [-0.3, -0.25) is 0 Å².